The molecule has 0 aliphatic rings. The van der Waals surface area contributed by atoms with Gasteiger partial charge in [-0.3, -0.25) is 9.10 Å². The van der Waals surface area contributed by atoms with Gasteiger partial charge in [0.25, 0.3) is 0 Å². The highest BCUT2D eigenvalue weighted by atomic mass is 32.2. The number of rotatable bonds is 7. The SMILES string of the molecule is Cc1ccc(C)c(NC(=O)CCCN(c2ccc(C)c(C)c2)S(C)(=O)=O)c1. The topological polar surface area (TPSA) is 66.5 Å². The van der Waals surface area contributed by atoms with Crippen LogP contribution in [0.2, 0.25) is 0 Å². The molecule has 5 nitrogen and oxygen atoms in total. The van der Waals surface area contributed by atoms with Crippen molar-refractivity contribution >= 4 is 27.3 Å². The van der Waals surface area contributed by atoms with Gasteiger partial charge in [-0.1, -0.05) is 18.2 Å². The monoisotopic (exact) mass is 388 g/mol. The lowest BCUT2D eigenvalue weighted by atomic mass is 10.1. The number of benzene rings is 2. The summed E-state index contributed by atoms with van der Waals surface area (Å²) in [6, 6.07) is 11.5. The van der Waals surface area contributed by atoms with E-state index in [-0.39, 0.29) is 18.9 Å². The van der Waals surface area contributed by atoms with Crippen LogP contribution in [0.4, 0.5) is 11.4 Å². The summed E-state index contributed by atoms with van der Waals surface area (Å²) in [6.07, 6.45) is 1.89. The number of sulfonamides is 1. The largest absolute Gasteiger partial charge is 0.326 e. The second-order valence-electron chi connectivity index (χ2n) is 7.07. The fourth-order valence-electron chi connectivity index (χ4n) is 2.83. The summed E-state index contributed by atoms with van der Waals surface area (Å²) in [5.74, 6) is -0.114. The van der Waals surface area contributed by atoms with Crippen LogP contribution in [-0.4, -0.2) is 27.1 Å². The van der Waals surface area contributed by atoms with E-state index in [1.54, 1.807) is 6.07 Å². The van der Waals surface area contributed by atoms with Crippen molar-refractivity contribution in [3.8, 4) is 0 Å². The van der Waals surface area contributed by atoms with E-state index in [1.807, 2.05) is 58.0 Å². The highest BCUT2D eigenvalue weighted by Crippen LogP contribution is 2.22. The van der Waals surface area contributed by atoms with Crippen LogP contribution in [0.5, 0.6) is 0 Å². The van der Waals surface area contributed by atoms with Crippen LogP contribution in [0.3, 0.4) is 0 Å². The van der Waals surface area contributed by atoms with Gasteiger partial charge in [0.05, 0.1) is 11.9 Å². The lowest BCUT2D eigenvalue weighted by Gasteiger charge is -2.23. The summed E-state index contributed by atoms with van der Waals surface area (Å²) in [4.78, 5) is 12.3. The van der Waals surface area contributed by atoms with Gasteiger partial charge in [0.1, 0.15) is 0 Å². The van der Waals surface area contributed by atoms with Gasteiger partial charge in [-0.25, -0.2) is 8.42 Å². The molecule has 0 spiro atoms. The molecule has 2 aromatic rings. The molecule has 0 saturated heterocycles. The Balaban J connectivity index is 2.02. The number of amides is 1. The smallest absolute Gasteiger partial charge is 0.232 e. The molecule has 0 aromatic heterocycles. The van der Waals surface area contributed by atoms with Gasteiger partial charge >= 0.3 is 0 Å². The Bertz CT molecular complexity index is 936. The molecule has 0 radical (unpaired) electrons. The van der Waals surface area contributed by atoms with Crippen molar-refractivity contribution in [2.24, 2.45) is 0 Å². The molecule has 0 aliphatic carbocycles. The molecule has 0 unspecified atom stereocenters. The van der Waals surface area contributed by atoms with E-state index in [4.69, 9.17) is 0 Å². The van der Waals surface area contributed by atoms with Crippen molar-refractivity contribution in [2.75, 3.05) is 22.4 Å². The Morgan fingerprint density at radius 1 is 0.963 bits per heavy atom. The van der Waals surface area contributed by atoms with Gasteiger partial charge in [0.2, 0.25) is 15.9 Å². The van der Waals surface area contributed by atoms with Crippen LogP contribution in [0.1, 0.15) is 35.1 Å². The zero-order chi connectivity index (χ0) is 20.2. The predicted molar refractivity (Wildman–Crippen MR) is 112 cm³/mol. The van der Waals surface area contributed by atoms with Crippen LogP contribution in [0, 0.1) is 27.7 Å². The normalized spacial score (nSPS) is 11.3. The first-order valence-corrected chi connectivity index (χ1v) is 10.8. The minimum Gasteiger partial charge on any atom is -0.326 e. The van der Waals surface area contributed by atoms with E-state index in [2.05, 4.69) is 5.32 Å². The highest BCUT2D eigenvalue weighted by molar-refractivity contribution is 7.92. The number of carbonyl (C=O) groups is 1. The highest BCUT2D eigenvalue weighted by Gasteiger charge is 2.18. The fraction of sp³-hybridized carbons (Fsp3) is 0.381. The number of hydrogen-bond acceptors (Lipinski definition) is 3. The standard InChI is InChI=1S/C21H28N2O3S/c1-15-8-9-17(3)20(13-15)22-21(24)7-6-12-23(27(5,25)26)19-11-10-16(2)18(4)14-19/h8-11,13-14H,6-7,12H2,1-5H3,(H,22,24). The molecule has 0 bridgehead atoms. The van der Waals surface area contributed by atoms with E-state index in [9.17, 15) is 13.2 Å². The van der Waals surface area contributed by atoms with Crippen LogP contribution < -0.4 is 9.62 Å². The van der Waals surface area contributed by atoms with Crippen molar-refractivity contribution in [2.45, 2.75) is 40.5 Å². The molecule has 6 heteroatoms. The molecule has 2 rings (SSSR count). The third-order valence-corrected chi connectivity index (χ3v) is 5.81. The number of nitrogens with one attached hydrogen (secondary N) is 1. The molecule has 0 atom stereocenters. The molecule has 0 aliphatic heterocycles. The minimum atomic E-state index is -3.42. The average Bonchev–Trinajstić information content (AvgIpc) is 2.56. The maximum atomic E-state index is 12.3. The van der Waals surface area contributed by atoms with Crippen LogP contribution in [0.25, 0.3) is 0 Å². The molecular formula is C21H28N2O3S. The summed E-state index contributed by atoms with van der Waals surface area (Å²) in [5.41, 5.74) is 5.66. The molecule has 27 heavy (non-hydrogen) atoms. The van der Waals surface area contributed by atoms with E-state index in [0.717, 1.165) is 27.9 Å². The van der Waals surface area contributed by atoms with E-state index in [1.165, 1.54) is 10.6 Å². The third kappa shape index (κ3) is 5.82. The van der Waals surface area contributed by atoms with Crippen LogP contribution in [0.15, 0.2) is 36.4 Å². The maximum absolute atomic E-state index is 12.3. The molecular weight excluding hydrogens is 360 g/mol. The van der Waals surface area contributed by atoms with Crippen molar-refractivity contribution in [1.82, 2.24) is 0 Å². The number of hydrogen-bond donors (Lipinski definition) is 1. The molecule has 1 amide bonds. The zero-order valence-corrected chi connectivity index (χ0v) is 17.5. The fourth-order valence-corrected chi connectivity index (χ4v) is 3.79. The van der Waals surface area contributed by atoms with Crippen molar-refractivity contribution in [1.29, 1.82) is 0 Å². The minimum absolute atomic E-state index is 0.114. The first kappa shape index (κ1) is 21.0. The number of anilines is 2. The summed E-state index contributed by atoms with van der Waals surface area (Å²) < 4.78 is 25.8. The Kier molecular flexibility index (Phi) is 6.65. The molecule has 0 saturated carbocycles. The Labute approximate surface area is 162 Å². The van der Waals surface area contributed by atoms with Crippen LogP contribution >= 0.6 is 0 Å². The lowest BCUT2D eigenvalue weighted by molar-refractivity contribution is -0.116. The Morgan fingerprint density at radius 2 is 1.63 bits per heavy atom. The van der Waals surface area contributed by atoms with Crippen molar-refractivity contribution in [3.63, 3.8) is 0 Å². The van der Waals surface area contributed by atoms with Gasteiger partial charge in [-0.2, -0.15) is 0 Å². The summed E-state index contributed by atoms with van der Waals surface area (Å²) in [6.45, 7) is 8.13. The summed E-state index contributed by atoms with van der Waals surface area (Å²) in [5, 5.41) is 2.91. The third-order valence-electron chi connectivity index (χ3n) is 4.61. The second-order valence-corrected chi connectivity index (χ2v) is 8.98. The van der Waals surface area contributed by atoms with E-state index in [0.29, 0.717) is 12.1 Å². The van der Waals surface area contributed by atoms with E-state index < -0.39 is 10.0 Å². The predicted octanol–water partition coefficient (Wildman–Crippen LogP) is 4.11. The van der Waals surface area contributed by atoms with Gasteiger partial charge in [0, 0.05) is 18.7 Å². The number of nitrogens with zero attached hydrogens (tertiary/aromatic N) is 1. The zero-order valence-electron chi connectivity index (χ0n) is 16.7. The van der Waals surface area contributed by atoms with Gasteiger partial charge in [0.15, 0.2) is 0 Å². The van der Waals surface area contributed by atoms with Crippen molar-refractivity contribution in [3.05, 3.63) is 58.7 Å². The first-order chi connectivity index (χ1) is 12.6. The second kappa shape index (κ2) is 8.57. The number of carbonyl (C=O) groups excluding carboxylic acids is 1. The Hall–Kier alpha value is -2.34. The molecule has 0 heterocycles. The quantitative estimate of drug-likeness (QED) is 0.776. The number of aryl methyl sites for hydroxylation is 4. The molecule has 0 fully saturated rings. The summed E-state index contributed by atoms with van der Waals surface area (Å²) >= 11 is 0. The van der Waals surface area contributed by atoms with Crippen molar-refractivity contribution < 1.29 is 13.2 Å². The molecule has 1 N–H and O–H groups in total. The molecule has 146 valence electrons. The van der Waals surface area contributed by atoms with E-state index >= 15 is 0 Å². The maximum Gasteiger partial charge on any atom is 0.232 e. The van der Waals surface area contributed by atoms with Gasteiger partial charge in [-0.15, -0.1) is 0 Å². The van der Waals surface area contributed by atoms with Gasteiger partial charge < -0.3 is 5.32 Å². The Morgan fingerprint density at radius 3 is 2.26 bits per heavy atom. The van der Waals surface area contributed by atoms with Gasteiger partial charge in [-0.05, 0) is 74.6 Å². The molecule has 2 aromatic carbocycles. The first-order valence-electron chi connectivity index (χ1n) is 9.00. The summed E-state index contributed by atoms with van der Waals surface area (Å²) in [7, 11) is -3.42. The average molecular weight is 389 g/mol. The van der Waals surface area contributed by atoms with Crippen LogP contribution in [-0.2, 0) is 14.8 Å². The lowest BCUT2D eigenvalue weighted by Crippen LogP contribution is -2.31.